The summed E-state index contributed by atoms with van der Waals surface area (Å²) in [6, 6.07) is -0.803. The van der Waals surface area contributed by atoms with Gasteiger partial charge in [0.05, 0.1) is 19.0 Å². The molecule has 42 heavy (non-hydrogen) atoms. The van der Waals surface area contributed by atoms with Gasteiger partial charge in [0, 0.05) is 50.9 Å². The van der Waals surface area contributed by atoms with Gasteiger partial charge in [-0.1, -0.05) is 12.8 Å². The zero-order chi connectivity index (χ0) is 29.7. The average molecular weight is 590 g/mol. The molecule has 3 fully saturated rings. The third-order valence-electron chi connectivity index (χ3n) is 8.33. The fourth-order valence-corrected chi connectivity index (χ4v) is 6.03. The molecule has 2 aromatic rings. The van der Waals surface area contributed by atoms with Crippen molar-refractivity contribution < 1.29 is 27.8 Å². The van der Waals surface area contributed by atoms with Crippen molar-refractivity contribution in [3.8, 4) is 11.8 Å². The van der Waals surface area contributed by atoms with Crippen LogP contribution in [0.15, 0.2) is 24.7 Å². The van der Waals surface area contributed by atoms with Crippen LogP contribution in [0.2, 0.25) is 0 Å². The summed E-state index contributed by atoms with van der Waals surface area (Å²) < 4.78 is 40.8. The molecular formula is C27H37F2N9O4. The van der Waals surface area contributed by atoms with E-state index in [1.807, 2.05) is 0 Å². The highest BCUT2D eigenvalue weighted by Gasteiger charge is 2.48. The zero-order valence-electron chi connectivity index (χ0n) is 23.8. The topological polar surface area (TPSA) is 147 Å². The van der Waals surface area contributed by atoms with Crippen LogP contribution in [0.1, 0.15) is 45.4 Å². The summed E-state index contributed by atoms with van der Waals surface area (Å²) in [6.45, 7) is 3.61. The summed E-state index contributed by atoms with van der Waals surface area (Å²) in [4.78, 5) is 44.9. The molecule has 3 atom stereocenters. The van der Waals surface area contributed by atoms with Crippen LogP contribution in [0.3, 0.4) is 0 Å². The quantitative estimate of drug-likeness (QED) is 0.440. The van der Waals surface area contributed by atoms with Gasteiger partial charge in [0.15, 0.2) is 5.82 Å². The number of carbonyl (C=O) groups is 2. The fraction of sp³-hybridized carbons (Fsp3) is 0.630. The molecule has 2 saturated heterocycles. The second-order valence-electron chi connectivity index (χ2n) is 10.9. The Balaban J connectivity index is 1.22. The number of ether oxygens (including phenoxy) is 2. The molecule has 1 saturated carbocycles. The van der Waals surface area contributed by atoms with Crippen LogP contribution in [0.4, 0.5) is 30.1 Å². The van der Waals surface area contributed by atoms with E-state index >= 15 is 8.78 Å². The second-order valence-corrected chi connectivity index (χ2v) is 10.9. The Kier molecular flexibility index (Phi) is 8.85. The molecule has 2 aliphatic heterocycles. The van der Waals surface area contributed by atoms with Gasteiger partial charge in [0.2, 0.25) is 17.7 Å². The molecule has 15 heteroatoms. The number of hydrogen-bond donors (Lipinski definition) is 3. The monoisotopic (exact) mass is 589 g/mol. The van der Waals surface area contributed by atoms with E-state index in [9.17, 15) is 9.59 Å². The maximum Gasteiger partial charge on any atom is 0.414 e. The van der Waals surface area contributed by atoms with Gasteiger partial charge in [0.1, 0.15) is 6.04 Å². The summed E-state index contributed by atoms with van der Waals surface area (Å²) in [7, 11) is 1.29. The van der Waals surface area contributed by atoms with Gasteiger partial charge in [-0.05, 0) is 38.6 Å². The molecule has 4 heterocycles. The van der Waals surface area contributed by atoms with Crippen molar-refractivity contribution in [1.82, 2.24) is 35.5 Å². The van der Waals surface area contributed by atoms with E-state index < -0.39 is 30.5 Å². The number of aromatic nitrogens is 4. The maximum absolute atomic E-state index is 15.0. The first-order chi connectivity index (χ1) is 20.2. The number of carbonyl (C=O) groups excluding carboxylic acids is 2. The number of likely N-dealkylation sites (N-methyl/N-ethyl adjacent to an activating group) is 1. The third-order valence-corrected chi connectivity index (χ3v) is 8.33. The number of amides is 3. The first-order valence-electron chi connectivity index (χ1n) is 14.3. The number of hydrogen-bond acceptors (Lipinski definition) is 10. The number of alkyl halides is 2. The van der Waals surface area contributed by atoms with E-state index in [4.69, 9.17) is 9.47 Å². The molecular weight excluding hydrogens is 552 g/mol. The minimum Gasteiger partial charge on any atom is -0.477 e. The molecule has 3 N–H and O–H groups in total. The van der Waals surface area contributed by atoms with Crippen LogP contribution in [0, 0.1) is 5.92 Å². The van der Waals surface area contributed by atoms with Crippen LogP contribution in [-0.4, -0.2) is 94.3 Å². The number of anilines is 2. The first kappa shape index (κ1) is 29.6. The highest BCUT2D eigenvalue weighted by atomic mass is 19.3. The molecule has 3 aliphatic rings. The van der Waals surface area contributed by atoms with Gasteiger partial charge in [-0.15, -0.1) is 0 Å². The van der Waals surface area contributed by atoms with E-state index in [0.29, 0.717) is 12.5 Å². The van der Waals surface area contributed by atoms with E-state index in [0.717, 1.165) is 50.1 Å². The lowest BCUT2D eigenvalue weighted by molar-refractivity contribution is -0.0760. The largest absolute Gasteiger partial charge is 0.477 e. The lowest BCUT2D eigenvalue weighted by Crippen LogP contribution is -2.62. The summed E-state index contributed by atoms with van der Waals surface area (Å²) >= 11 is 0. The van der Waals surface area contributed by atoms with Gasteiger partial charge in [-0.3, -0.25) is 5.32 Å². The molecule has 0 unspecified atom stereocenters. The van der Waals surface area contributed by atoms with E-state index in [-0.39, 0.29) is 42.2 Å². The van der Waals surface area contributed by atoms with Crippen LogP contribution in [0.5, 0.6) is 11.8 Å². The van der Waals surface area contributed by atoms with Crippen LogP contribution < -0.4 is 30.3 Å². The lowest BCUT2D eigenvalue weighted by atomic mass is 9.69. The number of piperidine rings is 2. The van der Waals surface area contributed by atoms with Crippen LogP contribution in [-0.2, 0) is 0 Å². The van der Waals surface area contributed by atoms with Crippen molar-refractivity contribution in [2.45, 2.75) is 63.0 Å². The fourth-order valence-electron chi connectivity index (χ4n) is 6.03. The number of urea groups is 1. The lowest BCUT2D eigenvalue weighted by Gasteiger charge is -2.47. The number of halogens is 2. The Bertz CT molecular complexity index is 1240. The van der Waals surface area contributed by atoms with Crippen LogP contribution in [0.25, 0.3) is 0 Å². The van der Waals surface area contributed by atoms with E-state index in [1.165, 1.54) is 31.7 Å². The predicted molar refractivity (Wildman–Crippen MR) is 149 cm³/mol. The Hall–Kier alpha value is -3.88. The van der Waals surface area contributed by atoms with Gasteiger partial charge in [0.25, 0.3) is 5.92 Å². The first-order valence-corrected chi connectivity index (χ1v) is 14.3. The number of fused-ring (bicyclic) bond motifs is 1. The number of rotatable bonds is 7. The Morgan fingerprint density at radius 2 is 2.02 bits per heavy atom. The minimum atomic E-state index is -3.16. The van der Waals surface area contributed by atoms with Crippen molar-refractivity contribution in [2.75, 3.05) is 50.1 Å². The SMILES string of the molecule is CCOc1cnc(NC(=O)N(C)[C@H]2CN(c3nccc(OC(=O)N[C@]45CCCC[C@H]4CNCC5)n3)CCC2(F)F)cn1. The normalized spacial score (nSPS) is 25.1. The molecule has 0 radical (unpaired) electrons. The van der Waals surface area contributed by atoms with Gasteiger partial charge in [-0.2, -0.15) is 4.98 Å². The molecule has 228 valence electrons. The van der Waals surface area contributed by atoms with Gasteiger partial charge >= 0.3 is 12.1 Å². The smallest absolute Gasteiger partial charge is 0.414 e. The van der Waals surface area contributed by atoms with E-state index in [1.54, 1.807) is 11.8 Å². The van der Waals surface area contributed by atoms with Crippen molar-refractivity contribution in [3.05, 3.63) is 24.7 Å². The molecule has 3 amide bonds. The highest BCUT2D eigenvalue weighted by molar-refractivity contribution is 5.88. The molecule has 13 nitrogen and oxygen atoms in total. The standard InChI is InChI=1S/C27H37F2N9O4/c1-3-41-22-16-32-20(15-33-22)34-24(39)37(2)19-17-38(13-10-27(19,28)29)23-31-11-7-21(35-23)42-25(40)36-26-8-5-4-6-18(26)14-30-12-9-26/h7,11,15-16,18-19,30H,3-6,8-10,12-14,17H2,1-2H3,(H,36,40)(H,32,34,39)/t18-,19-,26-/m0/s1. The van der Waals surface area contributed by atoms with Crippen molar-refractivity contribution in [2.24, 2.45) is 5.92 Å². The average Bonchev–Trinajstić information content (AvgIpc) is 2.97. The van der Waals surface area contributed by atoms with Gasteiger partial charge in [-0.25, -0.2) is 33.3 Å². The summed E-state index contributed by atoms with van der Waals surface area (Å²) in [5.74, 6) is -2.29. The summed E-state index contributed by atoms with van der Waals surface area (Å²) in [5, 5.41) is 9.01. The molecule has 5 rings (SSSR count). The number of nitrogens with one attached hydrogen (secondary N) is 3. The Morgan fingerprint density at radius 1 is 1.17 bits per heavy atom. The minimum absolute atomic E-state index is 0.0178. The van der Waals surface area contributed by atoms with Gasteiger partial charge < -0.3 is 29.9 Å². The van der Waals surface area contributed by atoms with Crippen molar-refractivity contribution in [3.63, 3.8) is 0 Å². The summed E-state index contributed by atoms with van der Waals surface area (Å²) in [6.07, 6.45) is 7.90. The Labute approximate surface area is 242 Å². The summed E-state index contributed by atoms with van der Waals surface area (Å²) in [5.41, 5.74) is -0.301. The number of nitrogens with zero attached hydrogens (tertiary/aromatic N) is 6. The third kappa shape index (κ3) is 6.61. The predicted octanol–water partition coefficient (Wildman–Crippen LogP) is 3.05. The van der Waals surface area contributed by atoms with Crippen molar-refractivity contribution >= 4 is 23.9 Å². The molecule has 1 aliphatic carbocycles. The second kappa shape index (κ2) is 12.5. The molecule has 2 aromatic heterocycles. The van der Waals surface area contributed by atoms with E-state index in [2.05, 4.69) is 35.9 Å². The highest BCUT2D eigenvalue weighted by Crippen LogP contribution is 2.38. The molecule has 0 spiro atoms. The zero-order valence-corrected chi connectivity index (χ0v) is 23.8. The Morgan fingerprint density at radius 3 is 2.81 bits per heavy atom. The molecule has 0 bridgehead atoms. The molecule has 0 aromatic carbocycles. The maximum atomic E-state index is 15.0. The van der Waals surface area contributed by atoms with Crippen LogP contribution >= 0.6 is 0 Å². The van der Waals surface area contributed by atoms with Crippen molar-refractivity contribution in [1.29, 1.82) is 0 Å².